The van der Waals surface area contributed by atoms with E-state index in [1.54, 1.807) is 11.3 Å². The van der Waals surface area contributed by atoms with Crippen LogP contribution in [0.25, 0.3) is 0 Å². The Morgan fingerprint density at radius 3 is 2.83 bits per heavy atom. The van der Waals surface area contributed by atoms with E-state index in [2.05, 4.69) is 26.0 Å². The zero-order valence-electron chi connectivity index (χ0n) is 10.6. The van der Waals surface area contributed by atoms with Gasteiger partial charge < -0.3 is 9.84 Å². The van der Waals surface area contributed by atoms with Crippen molar-refractivity contribution >= 4 is 11.3 Å². The van der Waals surface area contributed by atoms with Gasteiger partial charge >= 0.3 is 0 Å². The van der Waals surface area contributed by atoms with E-state index >= 15 is 0 Å². The number of aliphatic hydroxyl groups is 1. The minimum Gasteiger partial charge on any atom is -0.493 e. The predicted octanol–water partition coefficient (Wildman–Crippen LogP) is 3.38. The SMILES string of the molecule is Cc1cc(C(O)c2ccc3c(c2)CCO3)sc1C. The molecule has 2 heterocycles. The highest BCUT2D eigenvalue weighted by Crippen LogP contribution is 2.34. The summed E-state index contributed by atoms with van der Waals surface area (Å²) in [5.74, 6) is 0.962. The minimum absolute atomic E-state index is 0.520. The zero-order chi connectivity index (χ0) is 12.7. The van der Waals surface area contributed by atoms with Crippen LogP contribution in [0.4, 0.5) is 0 Å². The van der Waals surface area contributed by atoms with Gasteiger partial charge in [0.15, 0.2) is 0 Å². The standard InChI is InChI=1S/C15H16O2S/c1-9-7-14(18-10(9)2)15(16)12-3-4-13-11(8-12)5-6-17-13/h3-4,7-8,15-16H,5-6H2,1-2H3. The Morgan fingerprint density at radius 1 is 1.28 bits per heavy atom. The molecule has 1 aliphatic rings. The number of benzene rings is 1. The van der Waals surface area contributed by atoms with Crippen molar-refractivity contribution in [1.29, 1.82) is 0 Å². The number of hydrogen-bond acceptors (Lipinski definition) is 3. The summed E-state index contributed by atoms with van der Waals surface area (Å²) >= 11 is 1.67. The molecule has 0 radical (unpaired) electrons. The first-order valence-corrected chi connectivity index (χ1v) is 6.97. The molecule has 3 heteroatoms. The minimum atomic E-state index is -0.520. The molecule has 1 N–H and O–H groups in total. The molecular weight excluding hydrogens is 244 g/mol. The third-order valence-electron chi connectivity index (χ3n) is 3.48. The van der Waals surface area contributed by atoms with E-state index < -0.39 is 6.10 Å². The third-order valence-corrected chi connectivity index (χ3v) is 4.69. The number of rotatable bonds is 2. The Labute approximate surface area is 111 Å². The number of aliphatic hydroxyl groups excluding tert-OH is 1. The van der Waals surface area contributed by atoms with Gasteiger partial charge in [0, 0.05) is 16.2 Å². The molecule has 0 fully saturated rings. The summed E-state index contributed by atoms with van der Waals surface area (Å²) in [6.45, 7) is 4.93. The fraction of sp³-hybridized carbons (Fsp3) is 0.333. The van der Waals surface area contributed by atoms with Gasteiger partial charge in [-0.3, -0.25) is 0 Å². The molecular formula is C15H16O2S. The smallest absolute Gasteiger partial charge is 0.122 e. The lowest BCUT2D eigenvalue weighted by Crippen LogP contribution is -1.97. The first-order valence-electron chi connectivity index (χ1n) is 6.16. The Kier molecular flexibility index (Phi) is 2.88. The molecule has 1 aromatic heterocycles. The second-order valence-corrected chi connectivity index (χ2v) is 6.04. The number of thiophene rings is 1. The highest BCUT2D eigenvalue weighted by molar-refractivity contribution is 7.12. The van der Waals surface area contributed by atoms with E-state index in [1.165, 1.54) is 16.0 Å². The summed E-state index contributed by atoms with van der Waals surface area (Å²) in [4.78, 5) is 2.29. The van der Waals surface area contributed by atoms with E-state index in [9.17, 15) is 5.11 Å². The van der Waals surface area contributed by atoms with Crippen molar-refractivity contribution in [3.8, 4) is 5.75 Å². The molecule has 3 rings (SSSR count). The first-order chi connectivity index (χ1) is 8.65. The summed E-state index contributed by atoms with van der Waals surface area (Å²) in [6, 6.07) is 8.07. The maximum atomic E-state index is 10.4. The maximum Gasteiger partial charge on any atom is 0.122 e. The average Bonchev–Trinajstić information content (AvgIpc) is 2.95. The van der Waals surface area contributed by atoms with Crippen LogP contribution in [0.3, 0.4) is 0 Å². The molecule has 18 heavy (non-hydrogen) atoms. The summed E-state index contributed by atoms with van der Waals surface area (Å²) < 4.78 is 5.48. The molecule has 1 aromatic carbocycles. The molecule has 0 aliphatic carbocycles. The second-order valence-electron chi connectivity index (χ2n) is 4.76. The maximum absolute atomic E-state index is 10.4. The molecule has 0 bridgehead atoms. The molecule has 0 amide bonds. The topological polar surface area (TPSA) is 29.5 Å². The first kappa shape index (κ1) is 11.8. The fourth-order valence-electron chi connectivity index (χ4n) is 2.28. The molecule has 0 saturated heterocycles. The highest BCUT2D eigenvalue weighted by atomic mass is 32.1. The Hall–Kier alpha value is -1.32. The number of ether oxygens (including phenoxy) is 1. The average molecular weight is 260 g/mol. The summed E-state index contributed by atoms with van der Waals surface area (Å²) in [5, 5.41) is 10.4. The third kappa shape index (κ3) is 1.93. The van der Waals surface area contributed by atoms with Crippen molar-refractivity contribution in [2.75, 3.05) is 6.61 Å². The Morgan fingerprint density at radius 2 is 2.11 bits per heavy atom. The summed E-state index contributed by atoms with van der Waals surface area (Å²) in [5.41, 5.74) is 3.41. The Balaban J connectivity index is 1.94. The van der Waals surface area contributed by atoms with Crippen LogP contribution in [0, 0.1) is 13.8 Å². The lowest BCUT2D eigenvalue weighted by atomic mass is 10.0. The van der Waals surface area contributed by atoms with Crippen LogP contribution in [0.1, 0.15) is 32.5 Å². The van der Waals surface area contributed by atoms with Crippen LogP contribution in [0.15, 0.2) is 24.3 Å². The van der Waals surface area contributed by atoms with Gasteiger partial charge in [-0.2, -0.15) is 0 Å². The van der Waals surface area contributed by atoms with Crippen LogP contribution in [0.5, 0.6) is 5.75 Å². The molecule has 1 atom stereocenters. The normalized spacial score (nSPS) is 15.3. The van der Waals surface area contributed by atoms with Crippen molar-refractivity contribution in [1.82, 2.24) is 0 Å². The van der Waals surface area contributed by atoms with E-state index in [0.717, 1.165) is 29.2 Å². The molecule has 0 saturated carbocycles. The van der Waals surface area contributed by atoms with E-state index in [0.29, 0.717) is 0 Å². The van der Waals surface area contributed by atoms with E-state index in [4.69, 9.17) is 4.74 Å². The molecule has 0 spiro atoms. The van der Waals surface area contributed by atoms with Gasteiger partial charge in [-0.25, -0.2) is 0 Å². The zero-order valence-corrected chi connectivity index (χ0v) is 11.4. The van der Waals surface area contributed by atoms with Crippen LogP contribution < -0.4 is 4.74 Å². The number of fused-ring (bicyclic) bond motifs is 1. The summed E-state index contributed by atoms with van der Waals surface area (Å²) in [7, 11) is 0. The van der Waals surface area contributed by atoms with Crippen LogP contribution >= 0.6 is 11.3 Å². The molecule has 94 valence electrons. The largest absolute Gasteiger partial charge is 0.493 e. The molecule has 1 unspecified atom stereocenters. The summed E-state index contributed by atoms with van der Waals surface area (Å²) in [6.07, 6.45) is 0.423. The van der Waals surface area contributed by atoms with Gasteiger partial charge in [0.05, 0.1) is 6.61 Å². The molecule has 2 aromatic rings. The number of hydrogen-bond donors (Lipinski definition) is 1. The predicted molar refractivity (Wildman–Crippen MR) is 73.5 cm³/mol. The van der Waals surface area contributed by atoms with Crippen LogP contribution in [0.2, 0.25) is 0 Å². The quantitative estimate of drug-likeness (QED) is 0.897. The van der Waals surface area contributed by atoms with Crippen molar-refractivity contribution in [2.45, 2.75) is 26.4 Å². The van der Waals surface area contributed by atoms with Gasteiger partial charge in [0.2, 0.25) is 0 Å². The van der Waals surface area contributed by atoms with Crippen molar-refractivity contribution in [3.63, 3.8) is 0 Å². The van der Waals surface area contributed by atoms with Gasteiger partial charge in [0.25, 0.3) is 0 Å². The van der Waals surface area contributed by atoms with Crippen LogP contribution in [-0.2, 0) is 6.42 Å². The van der Waals surface area contributed by atoms with Crippen molar-refractivity contribution in [2.24, 2.45) is 0 Å². The molecule has 1 aliphatic heterocycles. The fourth-order valence-corrected chi connectivity index (χ4v) is 3.33. The second kappa shape index (κ2) is 4.41. The van der Waals surface area contributed by atoms with Crippen molar-refractivity contribution in [3.05, 3.63) is 50.7 Å². The number of aryl methyl sites for hydroxylation is 2. The lowest BCUT2D eigenvalue weighted by molar-refractivity contribution is 0.224. The van der Waals surface area contributed by atoms with E-state index in [1.807, 2.05) is 12.1 Å². The monoisotopic (exact) mass is 260 g/mol. The Bertz CT molecular complexity index is 567. The van der Waals surface area contributed by atoms with Gasteiger partial charge in [0.1, 0.15) is 11.9 Å². The molecule has 2 nitrogen and oxygen atoms in total. The lowest BCUT2D eigenvalue weighted by Gasteiger charge is -2.10. The highest BCUT2D eigenvalue weighted by Gasteiger charge is 2.18. The van der Waals surface area contributed by atoms with Crippen LogP contribution in [-0.4, -0.2) is 11.7 Å². The van der Waals surface area contributed by atoms with Gasteiger partial charge in [-0.05, 0) is 48.7 Å². The van der Waals surface area contributed by atoms with E-state index in [-0.39, 0.29) is 0 Å². The van der Waals surface area contributed by atoms with Crippen molar-refractivity contribution < 1.29 is 9.84 Å². The van der Waals surface area contributed by atoms with Gasteiger partial charge in [-0.15, -0.1) is 11.3 Å². The van der Waals surface area contributed by atoms with Gasteiger partial charge in [-0.1, -0.05) is 6.07 Å².